The van der Waals surface area contributed by atoms with E-state index in [2.05, 4.69) is 42.8 Å². The molecule has 1 unspecified atom stereocenters. The highest BCUT2D eigenvalue weighted by Gasteiger charge is 2.17. The molecular weight excluding hydrogens is 188 g/mol. The maximum Gasteiger partial charge on any atom is 0.128 e. The zero-order valence-electron chi connectivity index (χ0n) is 9.66. The minimum Gasteiger partial charge on any atom is -0.375 e. The summed E-state index contributed by atoms with van der Waals surface area (Å²) in [5.41, 5.74) is 2.37. The maximum absolute atomic E-state index is 5.51. The van der Waals surface area contributed by atoms with Gasteiger partial charge in [-0.3, -0.25) is 0 Å². The van der Waals surface area contributed by atoms with Crippen LogP contribution >= 0.6 is 0 Å². The van der Waals surface area contributed by atoms with Crippen molar-refractivity contribution in [3.63, 3.8) is 0 Å². The van der Waals surface area contributed by atoms with E-state index in [0.29, 0.717) is 6.10 Å². The Kier molecular flexibility index (Phi) is 2.91. The van der Waals surface area contributed by atoms with Crippen LogP contribution < -0.4 is 4.90 Å². The number of anilines is 1. The highest BCUT2D eigenvalue weighted by molar-refractivity contribution is 5.41. The molecule has 1 aliphatic heterocycles. The topological polar surface area (TPSA) is 25.4 Å². The van der Waals surface area contributed by atoms with Crippen molar-refractivity contribution in [1.29, 1.82) is 0 Å². The lowest BCUT2D eigenvalue weighted by molar-refractivity contribution is 0.0529. The lowest BCUT2D eigenvalue weighted by Crippen LogP contribution is -2.41. The van der Waals surface area contributed by atoms with Gasteiger partial charge in [0.05, 0.1) is 12.7 Å². The molecule has 0 aliphatic carbocycles. The Morgan fingerprint density at radius 3 is 2.87 bits per heavy atom. The molecule has 1 saturated heterocycles. The lowest BCUT2D eigenvalue weighted by Gasteiger charge is -2.32. The van der Waals surface area contributed by atoms with Crippen molar-refractivity contribution in [2.45, 2.75) is 26.9 Å². The van der Waals surface area contributed by atoms with E-state index in [4.69, 9.17) is 4.74 Å². The number of rotatable bonds is 1. The van der Waals surface area contributed by atoms with Crippen LogP contribution in [0.1, 0.15) is 18.2 Å². The molecule has 2 heterocycles. The quantitative estimate of drug-likeness (QED) is 0.702. The Morgan fingerprint density at radius 1 is 1.40 bits per heavy atom. The van der Waals surface area contributed by atoms with E-state index in [0.717, 1.165) is 31.2 Å². The van der Waals surface area contributed by atoms with Gasteiger partial charge in [-0.15, -0.1) is 0 Å². The van der Waals surface area contributed by atoms with E-state index in [1.165, 1.54) is 5.56 Å². The monoisotopic (exact) mass is 206 g/mol. The van der Waals surface area contributed by atoms with Gasteiger partial charge in [-0.25, -0.2) is 4.98 Å². The molecule has 15 heavy (non-hydrogen) atoms. The van der Waals surface area contributed by atoms with Gasteiger partial charge in [0, 0.05) is 18.8 Å². The van der Waals surface area contributed by atoms with Crippen molar-refractivity contribution in [3.05, 3.63) is 23.4 Å². The van der Waals surface area contributed by atoms with Gasteiger partial charge in [-0.1, -0.05) is 6.07 Å². The summed E-state index contributed by atoms with van der Waals surface area (Å²) < 4.78 is 5.51. The van der Waals surface area contributed by atoms with Gasteiger partial charge in [-0.05, 0) is 32.4 Å². The highest BCUT2D eigenvalue weighted by Crippen LogP contribution is 2.17. The van der Waals surface area contributed by atoms with E-state index < -0.39 is 0 Å². The number of hydrogen-bond donors (Lipinski definition) is 0. The van der Waals surface area contributed by atoms with Crippen molar-refractivity contribution in [3.8, 4) is 0 Å². The zero-order valence-corrected chi connectivity index (χ0v) is 9.66. The molecule has 1 aliphatic rings. The fraction of sp³-hybridized carbons (Fsp3) is 0.583. The third kappa shape index (κ3) is 2.29. The summed E-state index contributed by atoms with van der Waals surface area (Å²) in [5, 5.41) is 0. The average Bonchev–Trinajstić information content (AvgIpc) is 2.22. The number of hydrogen-bond acceptors (Lipinski definition) is 3. The summed E-state index contributed by atoms with van der Waals surface area (Å²) in [6.45, 7) is 8.94. The van der Waals surface area contributed by atoms with E-state index in [9.17, 15) is 0 Å². The van der Waals surface area contributed by atoms with Crippen LogP contribution in [0.3, 0.4) is 0 Å². The second kappa shape index (κ2) is 4.19. The third-order valence-corrected chi connectivity index (χ3v) is 2.90. The predicted octanol–water partition coefficient (Wildman–Crippen LogP) is 1.92. The van der Waals surface area contributed by atoms with Gasteiger partial charge < -0.3 is 9.64 Å². The fourth-order valence-electron chi connectivity index (χ4n) is 1.82. The molecule has 82 valence electrons. The normalized spacial score (nSPS) is 21.8. The molecule has 3 heteroatoms. The van der Waals surface area contributed by atoms with Gasteiger partial charge >= 0.3 is 0 Å². The van der Waals surface area contributed by atoms with E-state index in [1.807, 2.05) is 0 Å². The largest absolute Gasteiger partial charge is 0.375 e. The van der Waals surface area contributed by atoms with E-state index in [-0.39, 0.29) is 0 Å². The molecule has 3 nitrogen and oxygen atoms in total. The van der Waals surface area contributed by atoms with Crippen molar-refractivity contribution in [2.75, 3.05) is 24.6 Å². The first kappa shape index (κ1) is 10.4. The Labute approximate surface area is 91.1 Å². The number of pyridine rings is 1. The Hall–Kier alpha value is -1.09. The maximum atomic E-state index is 5.51. The number of aromatic nitrogens is 1. The third-order valence-electron chi connectivity index (χ3n) is 2.90. The molecule has 0 bridgehead atoms. The minimum absolute atomic E-state index is 0.308. The Morgan fingerprint density at radius 2 is 2.20 bits per heavy atom. The Bertz CT molecular complexity index is 351. The van der Waals surface area contributed by atoms with Gasteiger partial charge in [0.25, 0.3) is 0 Å². The number of morpholine rings is 1. The average molecular weight is 206 g/mol. The summed E-state index contributed by atoms with van der Waals surface area (Å²) in [6.07, 6.45) is 0.308. The molecule has 0 amide bonds. The molecular formula is C12H18N2O. The predicted molar refractivity (Wildman–Crippen MR) is 61.3 cm³/mol. The standard InChI is InChI=1S/C12H18N2O/c1-9-4-5-12(13-11(9)3)14-6-7-15-10(2)8-14/h4-5,10H,6-8H2,1-3H3. The summed E-state index contributed by atoms with van der Waals surface area (Å²) in [7, 11) is 0. The molecule has 1 atom stereocenters. The molecule has 0 aromatic carbocycles. The number of ether oxygens (including phenoxy) is 1. The Balaban J connectivity index is 2.18. The van der Waals surface area contributed by atoms with Crippen LogP contribution in [0.2, 0.25) is 0 Å². The van der Waals surface area contributed by atoms with Crippen molar-refractivity contribution < 1.29 is 4.74 Å². The second-order valence-corrected chi connectivity index (χ2v) is 4.20. The van der Waals surface area contributed by atoms with E-state index >= 15 is 0 Å². The summed E-state index contributed by atoms with van der Waals surface area (Å²) in [4.78, 5) is 6.89. The number of aryl methyl sites for hydroxylation is 2. The van der Waals surface area contributed by atoms with E-state index in [1.54, 1.807) is 0 Å². The summed E-state index contributed by atoms with van der Waals surface area (Å²) >= 11 is 0. The first-order valence-electron chi connectivity index (χ1n) is 5.47. The molecule has 0 radical (unpaired) electrons. The van der Waals surface area contributed by atoms with Crippen LogP contribution in [0.15, 0.2) is 12.1 Å². The molecule has 1 aromatic rings. The minimum atomic E-state index is 0.308. The lowest BCUT2D eigenvalue weighted by atomic mass is 10.2. The number of nitrogens with zero attached hydrogens (tertiary/aromatic N) is 2. The van der Waals surface area contributed by atoms with Gasteiger partial charge in [-0.2, -0.15) is 0 Å². The van der Waals surface area contributed by atoms with Crippen molar-refractivity contribution in [1.82, 2.24) is 4.98 Å². The van der Waals surface area contributed by atoms with Crippen LogP contribution in [-0.2, 0) is 4.74 Å². The van der Waals surface area contributed by atoms with Crippen LogP contribution in [0.5, 0.6) is 0 Å². The van der Waals surface area contributed by atoms with Crippen LogP contribution in [-0.4, -0.2) is 30.8 Å². The molecule has 1 fully saturated rings. The molecule has 0 saturated carbocycles. The second-order valence-electron chi connectivity index (χ2n) is 4.20. The summed E-state index contributed by atoms with van der Waals surface area (Å²) in [5.74, 6) is 1.08. The molecule has 0 N–H and O–H groups in total. The fourth-order valence-corrected chi connectivity index (χ4v) is 1.82. The van der Waals surface area contributed by atoms with Crippen molar-refractivity contribution >= 4 is 5.82 Å². The first-order chi connectivity index (χ1) is 7.16. The smallest absolute Gasteiger partial charge is 0.128 e. The van der Waals surface area contributed by atoms with Crippen molar-refractivity contribution in [2.24, 2.45) is 0 Å². The van der Waals surface area contributed by atoms with Gasteiger partial charge in [0.15, 0.2) is 0 Å². The van der Waals surface area contributed by atoms with Crippen LogP contribution in [0.25, 0.3) is 0 Å². The van der Waals surface area contributed by atoms with Crippen LogP contribution in [0.4, 0.5) is 5.82 Å². The SMILES string of the molecule is Cc1ccc(N2CCOC(C)C2)nc1C. The molecule has 0 spiro atoms. The molecule has 1 aromatic heterocycles. The highest BCUT2D eigenvalue weighted by atomic mass is 16.5. The first-order valence-corrected chi connectivity index (χ1v) is 5.47. The van der Waals surface area contributed by atoms with Crippen LogP contribution in [0, 0.1) is 13.8 Å². The summed E-state index contributed by atoms with van der Waals surface area (Å²) in [6, 6.07) is 4.23. The van der Waals surface area contributed by atoms with Gasteiger partial charge in [0.2, 0.25) is 0 Å². The zero-order chi connectivity index (χ0) is 10.8. The molecule has 2 rings (SSSR count). The van der Waals surface area contributed by atoms with Gasteiger partial charge in [0.1, 0.15) is 5.82 Å².